The molecule has 1 unspecified atom stereocenters. The van der Waals surface area contributed by atoms with E-state index in [0.29, 0.717) is 21.8 Å². The summed E-state index contributed by atoms with van der Waals surface area (Å²) in [6.07, 6.45) is 1.53. The zero-order chi connectivity index (χ0) is 25.1. The highest BCUT2D eigenvalue weighted by molar-refractivity contribution is 8.00. The zero-order valence-electron chi connectivity index (χ0n) is 19.8. The molecule has 1 atom stereocenters. The number of nitrogens with zero attached hydrogens (tertiary/aromatic N) is 2. The van der Waals surface area contributed by atoms with E-state index in [1.165, 1.54) is 30.1 Å². The maximum atomic E-state index is 13.4. The fraction of sp³-hybridized carbons (Fsp3) is 0.231. The second-order valence-corrected chi connectivity index (χ2v) is 9.46. The largest absolute Gasteiger partial charge is 0.467 e. The number of furan rings is 1. The van der Waals surface area contributed by atoms with Crippen LogP contribution < -0.4 is 10.9 Å². The second-order valence-electron chi connectivity index (χ2n) is 8.16. The van der Waals surface area contributed by atoms with Crippen LogP contribution in [0.2, 0.25) is 0 Å². The van der Waals surface area contributed by atoms with Gasteiger partial charge in [-0.15, -0.1) is 0 Å². The first-order valence-corrected chi connectivity index (χ1v) is 11.8. The van der Waals surface area contributed by atoms with Crippen molar-refractivity contribution in [2.75, 3.05) is 12.4 Å². The van der Waals surface area contributed by atoms with E-state index >= 15 is 0 Å². The number of rotatable bonds is 7. The van der Waals surface area contributed by atoms with Crippen LogP contribution >= 0.6 is 11.8 Å². The smallest absolute Gasteiger partial charge is 0.337 e. The van der Waals surface area contributed by atoms with Crippen LogP contribution in [0.25, 0.3) is 10.9 Å². The highest BCUT2D eigenvalue weighted by Gasteiger charge is 2.21. The van der Waals surface area contributed by atoms with Gasteiger partial charge >= 0.3 is 5.97 Å². The lowest BCUT2D eigenvalue weighted by Crippen LogP contribution is -2.27. The number of aromatic nitrogens is 2. The summed E-state index contributed by atoms with van der Waals surface area (Å²) in [4.78, 5) is 43.0. The van der Waals surface area contributed by atoms with E-state index in [2.05, 4.69) is 10.3 Å². The molecule has 0 fully saturated rings. The van der Waals surface area contributed by atoms with Gasteiger partial charge in [0.05, 0.1) is 41.6 Å². The molecule has 2 aromatic carbocycles. The average molecular weight is 492 g/mol. The summed E-state index contributed by atoms with van der Waals surface area (Å²) in [5.41, 5.74) is 3.13. The number of nitrogens with one attached hydrogen (secondary N) is 1. The number of hydrogen-bond acceptors (Lipinski definition) is 7. The summed E-state index contributed by atoms with van der Waals surface area (Å²) in [7, 11) is 1.29. The van der Waals surface area contributed by atoms with Gasteiger partial charge < -0.3 is 14.5 Å². The van der Waals surface area contributed by atoms with Crippen LogP contribution in [0.3, 0.4) is 0 Å². The van der Waals surface area contributed by atoms with Crippen LogP contribution in [0, 0.1) is 13.8 Å². The molecule has 0 aliphatic carbocycles. The van der Waals surface area contributed by atoms with E-state index in [9.17, 15) is 14.4 Å². The lowest BCUT2D eigenvalue weighted by Gasteiger charge is -2.17. The Hall–Kier alpha value is -3.85. The predicted octanol–water partition coefficient (Wildman–Crippen LogP) is 4.56. The number of carbonyl (C=O) groups is 2. The van der Waals surface area contributed by atoms with Gasteiger partial charge in [-0.05, 0) is 62.7 Å². The summed E-state index contributed by atoms with van der Waals surface area (Å²) in [5.74, 6) is -0.165. The van der Waals surface area contributed by atoms with Crippen molar-refractivity contribution in [2.24, 2.45) is 0 Å². The van der Waals surface area contributed by atoms with Gasteiger partial charge in [0.1, 0.15) is 5.76 Å². The molecule has 0 saturated carbocycles. The molecule has 4 aromatic rings. The molecule has 8 nitrogen and oxygen atoms in total. The molecule has 4 rings (SSSR count). The predicted molar refractivity (Wildman–Crippen MR) is 135 cm³/mol. The van der Waals surface area contributed by atoms with Crippen LogP contribution in [-0.4, -0.2) is 33.8 Å². The summed E-state index contributed by atoms with van der Waals surface area (Å²) in [6, 6.07) is 13.9. The first kappa shape index (κ1) is 24.3. The summed E-state index contributed by atoms with van der Waals surface area (Å²) in [5, 5.41) is 3.07. The molecule has 0 radical (unpaired) electrons. The van der Waals surface area contributed by atoms with E-state index < -0.39 is 11.2 Å². The molecule has 180 valence electrons. The maximum absolute atomic E-state index is 13.4. The lowest BCUT2D eigenvalue weighted by atomic mass is 10.1. The van der Waals surface area contributed by atoms with Crippen LogP contribution in [0.15, 0.2) is 69.2 Å². The van der Waals surface area contributed by atoms with Crippen molar-refractivity contribution in [3.05, 3.63) is 87.6 Å². The Labute approximate surface area is 206 Å². The van der Waals surface area contributed by atoms with Crippen molar-refractivity contribution in [1.29, 1.82) is 0 Å². The molecule has 9 heteroatoms. The molecule has 1 N–H and O–H groups in total. The van der Waals surface area contributed by atoms with Crippen LogP contribution in [0.4, 0.5) is 5.69 Å². The molecule has 0 bridgehead atoms. The quantitative estimate of drug-likeness (QED) is 0.230. The van der Waals surface area contributed by atoms with E-state index in [1.54, 1.807) is 25.1 Å². The number of anilines is 1. The number of esters is 1. The van der Waals surface area contributed by atoms with Crippen molar-refractivity contribution in [3.63, 3.8) is 0 Å². The molecule has 1 amide bonds. The summed E-state index contributed by atoms with van der Waals surface area (Å²) >= 11 is 1.16. The third-order valence-electron chi connectivity index (χ3n) is 5.53. The van der Waals surface area contributed by atoms with Crippen molar-refractivity contribution in [2.45, 2.75) is 37.7 Å². The molecular formula is C26H25N3O5S. The third kappa shape index (κ3) is 5.30. The number of ether oxygens (including phenoxy) is 1. The number of aryl methyl sites for hydroxylation is 2. The number of hydrogen-bond donors (Lipinski definition) is 1. The number of carbonyl (C=O) groups excluding carboxylic acids is 2. The summed E-state index contributed by atoms with van der Waals surface area (Å²) < 4.78 is 11.7. The first-order valence-electron chi connectivity index (χ1n) is 11.0. The highest BCUT2D eigenvalue weighted by atomic mass is 32.2. The van der Waals surface area contributed by atoms with Crippen molar-refractivity contribution >= 4 is 40.2 Å². The number of benzene rings is 2. The van der Waals surface area contributed by atoms with Crippen molar-refractivity contribution in [3.8, 4) is 0 Å². The van der Waals surface area contributed by atoms with Crippen LogP contribution in [0.1, 0.15) is 34.2 Å². The topological polar surface area (TPSA) is 103 Å². The minimum Gasteiger partial charge on any atom is -0.467 e. The molecule has 0 aliphatic rings. The molecule has 0 aliphatic heterocycles. The molecule has 2 aromatic heterocycles. The Kier molecular flexibility index (Phi) is 7.07. The Bertz CT molecular complexity index is 1460. The molecule has 35 heavy (non-hydrogen) atoms. The Morgan fingerprint density at radius 3 is 2.66 bits per heavy atom. The standard InChI is InChI=1S/C26H25N3O5S/c1-15-7-10-21(16(2)12-15)27-23(30)17(3)35-26-28-22-13-18(25(32)33-4)8-9-20(22)24(31)29(26)14-19-6-5-11-34-19/h5-13,17H,14H2,1-4H3,(H,27,30). The maximum Gasteiger partial charge on any atom is 0.337 e. The summed E-state index contributed by atoms with van der Waals surface area (Å²) in [6.45, 7) is 5.83. The van der Waals surface area contributed by atoms with Gasteiger partial charge in [-0.25, -0.2) is 9.78 Å². The van der Waals surface area contributed by atoms with Crippen LogP contribution in [-0.2, 0) is 16.1 Å². The number of fused-ring (bicyclic) bond motifs is 1. The molecule has 0 spiro atoms. The Morgan fingerprint density at radius 2 is 1.97 bits per heavy atom. The monoisotopic (exact) mass is 491 g/mol. The average Bonchev–Trinajstić information content (AvgIpc) is 3.35. The fourth-order valence-electron chi connectivity index (χ4n) is 3.63. The normalized spacial score (nSPS) is 11.9. The number of amides is 1. The van der Waals surface area contributed by atoms with Gasteiger partial charge in [0.15, 0.2) is 5.16 Å². The molecule has 2 heterocycles. The Balaban J connectivity index is 1.70. The third-order valence-corrected chi connectivity index (χ3v) is 6.62. The number of methoxy groups -OCH3 is 1. The SMILES string of the molecule is COC(=O)c1ccc2c(=O)n(Cc3ccco3)c(SC(C)C(=O)Nc3ccc(C)cc3C)nc2c1. The van der Waals surface area contributed by atoms with Gasteiger partial charge in [0.2, 0.25) is 5.91 Å². The van der Waals surface area contributed by atoms with Gasteiger partial charge in [0.25, 0.3) is 5.56 Å². The van der Waals surface area contributed by atoms with Gasteiger partial charge in [-0.1, -0.05) is 29.5 Å². The van der Waals surface area contributed by atoms with Crippen molar-refractivity contribution < 1.29 is 18.7 Å². The van der Waals surface area contributed by atoms with E-state index in [-0.39, 0.29) is 23.6 Å². The lowest BCUT2D eigenvalue weighted by molar-refractivity contribution is -0.115. The highest BCUT2D eigenvalue weighted by Crippen LogP contribution is 2.26. The van der Waals surface area contributed by atoms with Crippen LogP contribution in [0.5, 0.6) is 0 Å². The second kappa shape index (κ2) is 10.2. The van der Waals surface area contributed by atoms with E-state index in [1.807, 2.05) is 32.0 Å². The molecular weight excluding hydrogens is 466 g/mol. The minimum absolute atomic E-state index is 0.154. The van der Waals surface area contributed by atoms with E-state index in [0.717, 1.165) is 28.6 Å². The minimum atomic E-state index is -0.563. The van der Waals surface area contributed by atoms with Gasteiger partial charge in [0, 0.05) is 5.69 Å². The fourth-order valence-corrected chi connectivity index (χ4v) is 4.54. The van der Waals surface area contributed by atoms with E-state index in [4.69, 9.17) is 9.15 Å². The zero-order valence-corrected chi connectivity index (χ0v) is 20.6. The van der Waals surface area contributed by atoms with Gasteiger partial charge in [-0.3, -0.25) is 14.2 Å². The van der Waals surface area contributed by atoms with Crippen molar-refractivity contribution in [1.82, 2.24) is 9.55 Å². The van der Waals surface area contributed by atoms with Gasteiger partial charge in [-0.2, -0.15) is 0 Å². The number of thioether (sulfide) groups is 1. The first-order chi connectivity index (χ1) is 16.8. The Morgan fingerprint density at radius 1 is 1.17 bits per heavy atom. The molecule has 0 saturated heterocycles.